The molecule has 0 saturated carbocycles. The SMILES string of the molecule is Cc1cccc(-c2nn3c(c2-c2ccc4ncsc4c2)OCC3)c1. The Bertz CT molecular complexity index is 1060. The van der Waals surface area contributed by atoms with Gasteiger partial charge in [-0.05, 0) is 30.7 Å². The van der Waals surface area contributed by atoms with Crippen molar-refractivity contribution >= 4 is 21.6 Å². The minimum atomic E-state index is 0.687. The Morgan fingerprint density at radius 2 is 2.08 bits per heavy atom. The quantitative estimate of drug-likeness (QED) is 0.541. The average Bonchev–Trinajstić information content (AvgIpc) is 3.29. The number of aryl methyl sites for hydroxylation is 1. The second-order valence-corrected chi connectivity index (χ2v) is 6.89. The highest BCUT2D eigenvalue weighted by molar-refractivity contribution is 7.16. The molecule has 2 aromatic heterocycles. The zero-order valence-electron chi connectivity index (χ0n) is 13.2. The molecule has 0 spiro atoms. The van der Waals surface area contributed by atoms with Gasteiger partial charge in [-0.2, -0.15) is 5.10 Å². The lowest BCUT2D eigenvalue weighted by Crippen LogP contribution is -1.96. The first-order valence-electron chi connectivity index (χ1n) is 7.94. The molecule has 0 radical (unpaired) electrons. The van der Waals surface area contributed by atoms with Gasteiger partial charge in [-0.1, -0.05) is 29.8 Å². The van der Waals surface area contributed by atoms with Gasteiger partial charge in [0.15, 0.2) is 0 Å². The van der Waals surface area contributed by atoms with Crippen molar-refractivity contribution in [1.82, 2.24) is 14.8 Å². The number of nitrogens with zero attached hydrogens (tertiary/aromatic N) is 3. The fraction of sp³-hybridized carbons (Fsp3) is 0.158. The van der Waals surface area contributed by atoms with E-state index in [0.717, 1.165) is 40.3 Å². The van der Waals surface area contributed by atoms with Crippen molar-refractivity contribution in [3.05, 3.63) is 53.5 Å². The number of ether oxygens (including phenoxy) is 1. The van der Waals surface area contributed by atoms with Crippen molar-refractivity contribution in [1.29, 1.82) is 0 Å². The third kappa shape index (κ3) is 2.05. The Balaban J connectivity index is 1.77. The van der Waals surface area contributed by atoms with Gasteiger partial charge in [-0.3, -0.25) is 0 Å². The summed E-state index contributed by atoms with van der Waals surface area (Å²) in [4.78, 5) is 4.37. The highest BCUT2D eigenvalue weighted by atomic mass is 32.1. The van der Waals surface area contributed by atoms with Gasteiger partial charge in [-0.15, -0.1) is 11.3 Å². The Morgan fingerprint density at radius 3 is 3.00 bits per heavy atom. The molecule has 2 aromatic carbocycles. The Labute approximate surface area is 143 Å². The molecule has 5 heteroatoms. The van der Waals surface area contributed by atoms with Crippen molar-refractivity contribution in [2.75, 3.05) is 6.61 Å². The summed E-state index contributed by atoms with van der Waals surface area (Å²) >= 11 is 1.66. The summed E-state index contributed by atoms with van der Waals surface area (Å²) in [5.74, 6) is 0.871. The number of thiazole rings is 1. The minimum Gasteiger partial charge on any atom is -0.475 e. The Hall–Kier alpha value is -2.66. The normalized spacial score (nSPS) is 13.2. The molecule has 0 amide bonds. The number of aromatic nitrogens is 3. The molecule has 1 aliphatic heterocycles. The number of hydrogen-bond donors (Lipinski definition) is 0. The molecule has 5 rings (SSSR count). The maximum atomic E-state index is 5.90. The first-order chi connectivity index (χ1) is 11.8. The zero-order valence-corrected chi connectivity index (χ0v) is 14.0. The Kier molecular flexibility index (Phi) is 2.97. The summed E-state index contributed by atoms with van der Waals surface area (Å²) in [6.45, 7) is 3.59. The molecule has 0 atom stereocenters. The van der Waals surface area contributed by atoms with E-state index in [1.165, 1.54) is 10.3 Å². The molecule has 3 heterocycles. The molecule has 0 fully saturated rings. The van der Waals surface area contributed by atoms with Gasteiger partial charge in [0.2, 0.25) is 5.88 Å². The van der Waals surface area contributed by atoms with E-state index >= 15 is 0 Å². The fourth-order valence-electron chi connectivity index (χ4n) is 3.24. The van der Waals surface area contributed by atoms with E-state index in [1.54, 1.807) is 11.3 Å². The van der Waals surface area contributed by atoms with E-state index in [-0.39, 0.29) is 0 Å². The van der Waals surface area contributed by atoms with Gasteiger partial charge in [-0.25, -0.2) is 9.67 Å². The molecular weight excluding hydrogens is 318 g/mol. The third-order valence-corrected chi connectivity index (χ3v) is 5.15. The highest BCUT2D eigenvalue weighted by Crippen LogP contribution is 2.42. The molecule has 24 heavy (non-hydrogen) atoms. The van der Waals surface area contributed by atoms with Gasteiger partial charge >= 0.3 is 0 Å². The predicted octanol–water partition coefficient (Wildman–Crippen LogP) is 4.53. The van der Waals surface area contributed by atoms with Gasteiger partial charge in [0, 0.05) is 5.56 Å². The molecule has 0 aliphatic carbocycles. The van der Waals surface area contributed by atoms with Crippen molar-refractivity contribution in [3.63, 3.8) is 0 Å². The van der Waals surface area contributed by atoms with Gasteiger partial charge in [0.25, 0.3) is 0 Å². The van der Waals surface area contributed by atoms with Crippen LogP contribution in [0.15, 0.2) is 48.0 Å². The van der Waals surface area contributed by atoms with Crippen LogP contribution in [0.2, 0.25) is 0 Å². The maximum absolute atomic E-state index is 5.90. The smallest absolute Gasteiger partial charge is 0.220 e. The number of hydrogen-bond acceptors (Lipinski definition) is 4. The molecule has 1 aliphatic rings. The van der Waals surface area contributed by atoms with Crippen LogP contribution in [-0.4, -0.2) is 21.4 Å². The van der Waals surface area contributed by atoms with Crippen LogP contribution >= 0.6 is 11.3 Å². The second kappa shape index (κ2) is 5.18. The first-order valence-corrected chi connectivity index (χ1v) is 8.82. The topological polar surface area (TPSA) is 39.9 Å². The van der Waals surface area contributed by atoms with E-state index in [9.17, 15) is 0 Å². The van der Waals surface area contributed by atoms with Crippen LogP contribution in [0.3, 0.4) is 0 Å². The van der Waals surface area contributed by atoms with Gasteiger partial charge < -0.3 is 4.74 Å². The zero-order chi connectivity index (χ0) is 16.1. The van der Waals surface area contributed by atoms with E-state index in [0.29, 0.717) is 6.61 Å². The molecule has 0 unspecified atom stereocenters. The Morgan fingerprint density at radius 1 is 1.12 bits per heavy atom. The summed E-state index contributed by atoms with van der Waals surface area (Å²) in [6.07, 6.45) is 0. The number of benzene rings is 2. The third-order valence-electron chi connectivity index (χ3n) is 4.36. The van der Waals surface area contributed by atoms with Crippen LogP contribution in [0.1, 0.15) is 5.56 Å². The van der Waals surface area contributed by atoms with E-state index < -0.39 is 0 Å². The van der Waals surface area contributed by atoms with Crippen LogP contribution < -0.4 is 4.74 Å². The summed E-state index contributed by atoms with van der Waals surface area (Å²) in [6, 6.07) is 14.8. The second-order valence-electron chi connectivity index (χ2n) is 6.00. The monoisotopic (exact) mass is 333 g/mol. The van der Waals surface area contributed by atoms with Crippen molar-refractivity contribution in [3.8, 4) is 28.3 Å². The van der Waals surface area contributed by atoms with Gasteiger partial charge in [0.05, 0.1) is 27.8 Å². The van der Waals surface area contributed by atoms with E-state index in [2.05, 4.69) is 54.4 Å². The van der Waals surface area contributed by atoms with E-state index in [1.807, 2.05) is 10.2 Å². The van der Waals surface area contributed by atoms with Crippen molar-refractivity contribution in [2.24, 2.45) is 0 Å². The standard InChI is InChI=1S/C19H15N3OS/c1-12-3-2-4-14(9-12)18-17(19-22(21-18)7-8-23-19)13-5-6-15-16(10-13)24-11-20-15/h2-6,9-11H,7-8H2,1H3. The van der Waals surface area contributed by atoms with Crippen LogP contribution in [0, 0.1) is 6.92 Å². The van der Waals surface area contributed by atoms with Crippen molar-refractivity contribution < 1.29 is 4.74 Å². The lowest BCUT2D eigenvalue weighted by atomic mass is 10.00. The van der Waals surface area contributed by atoms with Crippen LogP contribution in [0.25, 0.3) is 32.6 Å². The number of rotatable bonds is 2. The van der Waals surface area contributed by atoms with Crippen molar-refractivity contribution in [2.45, 2.75) is 13.5 Å². The average molecular weight is 333 g/mol. The lowest BCUT2D eigenvalue weighted by molar-refractivity contribution is 0.358. The van der Waals surface area contributed by atoms with E-state index in [4.69, 9.17) is 9.84 Å². The van der Waals surface area contributed by atoms with Crippen LogP contribution in [0.5, 0.6) is 5.88 Å². The molecule has 118 valence electrons. The first kappa shape index (κ1) is 13.7. The number of fused-ring (bicyclic) bond motifs is 2. The molecule has 4 aromatic rings. The molecule has 0 bridgehead atoms. The fourth-order valence-corrected chi connectivity index (χ4v) is 3.96. The lowest BCUT2D eigenvalue weighted by Gasteiger charge is -2.06. The molecular formula is C19H15N3OS. The minimum absolute atomic E-state index is 0.687. The maximum Gasteiger partial charge on any atom is 0.220 e. The predicted molar refractivity (Wildman–Crippen MR) is 96.5 cm³/mol. The van der Waals surface area contributed by atoms with Crippen LogP contribution in [0.4, 0.5) is 0 Å². The largest absolute Gasteiger partial charge is 0.475 e. The molecule has 0 saturated heterocycles. The summed E-state index contributed by atoms with van der Waals surface area (Å²) in [5.41, 5.74) is 8.46. The summed E-state index contributed by atoms with van der Waals surface area (Å²) < 4.78 is 9.06. The highest BCUT2D eigenvalue weighted by Gasteiger charge is 2.25. The summed E-state index contributed by atoms with van der Waals surface area (Å²) in [5, 5.41) is 4.83. The molecule has 4 nitrogen and oxygen atoms in total. The molecule has 0 N–H and O–H groups in total. The van der Waals surface area contributed by atoms with Crippen LogP contribution in [-0.2, 0) is 6.54 Å². The summed E-state index contributed by atoms with van der Waals surface area (Å²) in [7, 11) is 0. The van der Waals surface area contributed by atoms with Gasteiger partial charge in [0.1, 0.15) is 12.3 Å².